The van der Waals surface area contributed by atoms with Gasteiger partial charge in [-0.05, 0) is 40.0 Å². The molecule has 0 aliphatic heterocycles. The summed E-state index contributed by atoms with van der Waals surface area (Å²) in [6.45, 7) is 2.13. The van der Waals surface area contributed by atoms with Crippen molar-refractivity contribution in [3.63, 3.8) is 0 Å². The van der Waals surface area contributed by atoms with Crippen molar-refractivity contribution in [2.45, 2.75) is 13.3 Å². The van der Waals surface area contributed by atoms with Gasteiger partial charge >= 0.3 is 0 Å². The van der Waals surface area contributed by atoms with E-state index in [1.165, 1.54) is 16.9 Å². The Morgan fingerprint density at radius 3 is 2.93 bits per heavy atom. The van der Waals surface area contributed by atoms with Gasteiger partial charge in [0.05, 0.1) is 4.88 Å². The van der Waals surface area contributed by atoms with Crippen LogP contribution in [0.1, 0.15) is 22.2 Å². The molecule has 72 valence electrons. The van der Waals surface area contributed by atoms with E-state index in [2.05, 4.69) is 41.1 Å². The van der Waals surface area contributed by atoms with Crippen LogP contribution in [0.2, 0.25) is 0 Å². The van der Waals surface area contributed by atoms with Gasteiger partial charge in [0.15, 0.2) is 6.29 Å². The van der Waals surface area contributed by atoms with Crippen molar-refractivity contribution < 1.29 is 4.79 Å². The molecular weight excluding hydrogens is 260 g/mol. The number of carbonyl (C=O) groups is 1. The molecule has 1 heterocycles. The van der Waals surface area contributed by atoms with Crippen LogP contribution in [0.25, 0.3) is 10.1 Å². The van der Waals surface area contributed by atoms with Crippen molar-refractivity contribution in [1.82, 2.24) is 0 Å². The zero-order chi connectivity index (χ0) is 10.1. The van der Waals surface area contributed by atoms with E-state index in [4.69, 9.17) is 0 Å². The average Bonchev–Trinajstić information content (AvgIpc) is 2.55. The predicted octanol–water partition coefficient (Wildman–Crippen LogP) is 4.04. The Morgan fingerprint density at radius 1 is 1.50 bits per heavy atom. The van der Waals surface area contributed by atoms with E-state index in [9.17, 15) is 4.79 Å². The number of carbonyl (C=O) groups excluding carboxylic acids is 1. The molecular formula is C11H9BrOS. The molecule has 0 saturated heterocycles. The average molecular weight is 269 g/mol. The highest BCUT2D eigenvalue weighted by Crippen LogP contribution is 2.35. The van der Waals surface area contributed by atoms with Crippen LogP contribution >= 0.6 is 27.3 Å². The fourth-order valence-corrected chi connectivity index (χ4v) is 3.12. The van der Waals surface area contributed by atoms with E-state index in [0.717, 1.165) is 32.1 Å². The van der Waals surface area contributed by atoms with Gasteiger partial charge in [-0.25, -0.2) is 0 Å². The summed E-state index contributed by atoms with van der Waals surface area (Å²) in [4.78, 5) is 11.5. The minimum Gasteiger partial charge on any atom is -0.297 e. The maximum Gasteiger partial charge on any atom is 0.161 e. The number of hydrogen-bond donors (Lipinski definition) is 0. The van der Waals surface area contributed by atoms with Gasteiger partial charge in [0.2, 0.25) is 0 Å². The molecule has 0 radical (unpaired) electrons. The van der Waals surface area contributed by atoms with Gasteiger partial charge in [0.25, 0.3) is 0 Å². The topological polar surface area (TPSA) is 17.1 Å². The molecule has 2 aromatic rings. The lowest BCUT2D eigenvalue weighted by Crippen LogP contribution is -1.77. The molecule has 0 amide bonds. The monoisotopic (exact) mass is 268 g/mol. The second-order valence-electron chi connectivity index (χ2n) is 3.08. The molecule has 14 heavy (non-hydrogen) atoms. The third kappa shape index (κ3) is 1.51. The number of rotatable bonds is 2. The Bertz CT molecular complexity index is 487. The minimum atomic E-state index is 0.772. The van der Waals surface area contributed by atoms with Crippen LogP contribution in [-0.4, -0.2) is 6.29 Å². The summed E-state index contributed by atoms with van der Waals surface area (Å²) in [5, 5.41) is 1.15. The SMILES string of the molecule is CCc1ccc2sc(C=O)c(Br)c2c1. The van der Waals surface area contributed by atoms with Gasteiger partial charge < -0.3 is 0 Å². The first-order chi connectivity index (χ1) is 6.76. The summed E-state index contributed by atoms with van der Waals surface area (Å²) >= 11 is 4.98. The summed E-state index contributed by atoms with van der Waals surface area (Å²) in [5.41, 5.74) is 1.30. The highest BCUT2D eigenvalue weighted by Gasteiger charge is 2.08. The van der Waals surface area contributed by atoms with E-state index in [1.54, 1.807) is 0 Å². The maximum absolute atomic E-state index is 10.7. The Balaban J connectivity index is 2.74. The molecule has 1 nitrogen and oxygen atoms in total. The maximum atomic E-state index is 10.7. The summed E-state index contributed by atoms with van der Waals surface area (Å²) in [5.74, 6) is 0. The first-order valence-electron chi connectivity index (χ1n) is 4.42. The first kappa shape index (κ1) is 9.87. The van der Waals surface area contributed by atoms with Gasteiger partial charge in [-0.1, -0.05) is 13.0 Å². The highest BCUT2D eigenvalue weighted by molar-refractivity contribution is 9.10. The molecule has 0 unspecified atom stereocenters. The summed E-state index contributed by atoms with van der Waals surface area (Å²) < 4.78 is 2.10. The molecule has 0 saturated carbocycles. The van der Waals surface area contributed by atoms with Crippen molar-refractivity contribution in [2.75, 3.05) is 0 Å². The Morgan fingerprint density at radius 2 is 2.29 bits per heavy atom. The third-order valence-electron chi connectivity index (χ3n) is 2.23. The van der Waals surface area contributed by atoms with Gasteiger partial charge in [-0.15, -0.1) is 11.3 Å². The molecule has 0 spiro atoms. The normalized spacial score (nSPS) is 10.7. The second kappa shape index (κ2) is 3.83. The molecule has 1 aromatic heterocycles. The first-order valence-corrected chi connectivity index (χ1v) is 6.03. The van der Waals surface area contributed by atoms with Gasteiger partial charge in [0, 0.05) is 14.6 Å². The largest absolute Gasteiger partial charge is 0.297 e. The molecule has 3 heteroatoms. The zero-order valence-corrected chi connectivity index (χ0v) is 10.1. The van der Waals surface area contributed by atoms with E-state index < -0.39 is 0 Å². The van der Waals surface area contributed by atoms with Crippen LogP contribution < -0.4 is 0 Å². The van der Waals surface area contributed by atoms with Gasteiger partial charge in [-0.2, -0.15) is 0 Å². The lowest BCUT2D eigenvalue weighted by molar-refractivity contribution is 0.112. The number of aldehydes is 1. The Kier molecular flexibility index (Phi) is 2.70. The van der Waals surface area contributed by atoms with E-state index >= 15 is 0 Å². The molecule has 0 atom stereocenters. The summed E-state index contributed by atoms with van der Waals surface area (Å²) in [7, 11) is 0. The van der Waals surface area contributed by atoms with Crippen molar-refractivity contribution in [3.8, 4) is 0 Å². The Labute approximate surface area is 94.9 Å². The van der Waals surface area contributed by atoms with Crippen LogP contribution in [0.15, 0.2) is 22.7 Å². The fraction of sp³-hybridized carbons (Fsp3) is 0.182. The smallest absolute Gasteiger partial charge is 0.161 e. The number of hydrogen-bond acceptors (Lipinski definition) is 2. The predicted molar refractivity (Wildman–Crippen MR) is 64.3 cm³/mol. The molecule has 1 aromatic carbocycles. The lowest BCUT2D eigenvalue weighted by atomic mass is 10.1. The van der Waals surface area contributed by atoms with Crippen molar-refractivity contribution in [1.29, 1.82) is 0 Å². The summed E-state index contributed by atoms with van der Waals surface area (Å²) in [6, 6.07) is 6.33. The Hall–Kier alpha value is -0.670. The fourth-order valence-electron chi connectivity index (χ4n) is 1.43. The number of halogens is 1. The molecule has 0 N–H and O–H groups in total. The van der Waals surface area contributed by atoms with Crippen LogP contribution in [0, 0.1) is 0 Å². The third-order valence-corrected chi connectivity index (χ3v) is 4.44. The van der Waals surface area contributed by atoms with Crippen molar-refractivity contribution in [2.24, 2.45) is 0 Å². The molecule has 0 aliphatic carbocycles. The van der Waals surface area contributed by atoms with Crippen LogP contribution in [0.5, 0.6) is 0 Å². The number of fused-ring (bicyclic) bond motifs is 1. The number of thiophene rings is 1. The van der Waals surface area contributed by atoms with Gasteiger partial charge in [-0.3, -0.25) is 4.79 Å². The van der Waals surface area contributed by atoms with Crippen molar-refractivity contribution in [3.05, 3.63) is 33.1 Å². The zero-order valence-electron chi connectivity index (χ0n) is 7.71. The highest BCUT2D eigenvalue weighted by atomic mass is 79.9. The summed E-state index contributed by atoms with van der Waals surface area (Å²) in [6.07, 6.45) is 1.93. The molecule has 2 rings (SSSR count). The van der Waals surface area contributed by atoms with Crippen LogP contribution in [0.3, 0.4) is 0 Å². The minimum absolute atomic E-state index is 0.772. The van der Waals surface area contributed by atoms with E-state index in [0.29, 0.717) is 0 Å². The molecule has 0 bridgehead atoms. The van der Waals surface area contributed by atoms with Crippen LogP contribution in [0.4, 0.5) is 0 Å². The number of aryl methyl sites for hydroxylation is 1. The van der Waals surface area contributed by atoms with E-state index in [1.807, 2.05) is 0 Å². The van der Waals surface area contributed by atoms with E-state index in [-0.39, 0.29) is 0 Å². The van der Waals surface area contributed by atoms with Crippen LogP contribution in [-0.2, 0) is 6.42 Å². The quantitative estimate of drug-likeness (QED) is 0.752. The molecule has 0 aliphatic rings. The van der Waals surface area contributed by atoms with Crippen molar-refractivity contribution >= 4 is 43.6 Å². The standard InChI is InChI=1S/C11H9BrOS/c1-2-7-3-4-9-8(5-7)11(12)10(6-13)14-9/h3-6H,2H2,1H3. The molecule has 0 fully saturated rings. The second-order valence-corrected chi connectivity index (χ2v) is 4.96. The van der Waals surface area contributed by atoms with Gasteiger partial charge in [0.1, 0.15) is 0 Å². The lowest BCUT2D eigenvalue weighted by Gasteiger charge is -1.96. The number of benzene rings is 1.